The lowest BCUT2D eigenvalue weighted by atomic mass is 10.3. The molecule has 0 amide bonds. The molecule has 0 saturated heterocycles. The Morgan fingerprint density at radius 1 is 1.23 bits per heavy atom. The average Bonchev–Trinajstić information content (AvgIpc) is 2.53. The molecular weight excluding hydrogens is 418 g/mol. The Bertz CT molecular complexity index is 788. The first-order valence-electron chi connectivity index (χ1n) is 6.92. The molecule has 0 fully saturated rings. The fraction of sp³-hybridized carbons (Fsp3) is 0.286. The third kappa shape index (κ3) is 5.61. The number of halogens is 5. The average molecular weight is 428 g/mol. The minimum atomic E-state index is -4.75. The topological polar surface area (TPSA) is 74.2 Å². The van der Waals surface area contributed by atoms with E-state index in [-0.39, 0.29) is 27.6 Å². The number of thioether (sulfide) groups is 1. The number of carbonyl (C=O) groups excluding carboxylic acids is 1. The van der Waals surface area contributed by atoms with Gasteiger partial charge in [0, 0.05) is 29.8 Å². The summed E-state index contributed by atoms with van der Waals surface area (Å²) >= 11 is 12.8. The molecule has 0 aliphatic heterocycles. The highest BCUT2D eigenvalue weighted by atomic mass is 35.5. The first kappa shape index (κ1) is 20.5. The van der Waals surface area contributed by atoms with Crippen molar-refractivity contribution in [2.75, 3.05) is 6.61 Å². The second-order valence-corrected chi connectivity index (χ2v) is 6.28. The van der Waals surface area contributed by atoms with Crippen LogP contribution in [0, 0.1) is 0 Å². The number of nitrogens with zero attached hydrogens (tertiary/aromatic N) is 3. The van der Waals surface area contributed by atoms with E-state index < -0.39 is 23.9 Å². The van der Waals surface area contributed by atoms with Crippen molar-refractivity contribution in [1.29, 1.82) is 0 Å². The van der Waals surface area contributed by atoms with E-state index in [1.54, 1.807) is 0 Å². The van der Waals surface area contributed by atoms with Crippen molar-refractivity contribution >= 4 is 41.1 Å². The fourth-order valence-corrected chi connectivity index (χ4v) is 3.17. The number of ether oxygens (including phenoxy) is 2. The minimum absolute atomic E-state index is 0.00328. The Kier molecular flexibility index (Phi) is 6.90. The Balaban J connectivity index is 2.27. The molecule has 2 aromatic rings. The van der Waals surface area contributed by atoms with Crippen LogP contribution in [0.5, 0.6) is 5.88 Å². The van der Waals surface area contributed by atoms with Crippen LogP contribution in [-0.4, -0.2) is 27.7 Å². The molecule has 0 bridgehead atoms. The van der Waals surface area contributed by atoms with Gasteiger partial charge in [-0.3, -0.25) is 4.98 Å². The molecule has 0 aliphatic carbocycles. The first-order chi connectivity index (χ1) is 12.2. The zero-order valence-electron chi connectivity index (χ0n) is 13.0. The van der Waals surface area contributed by atoms with Crippen LogP contribution in [0.25, 0.3) is 0 Å². The summed E-state index contributed by atoms with van der Waals surface area (Å²) in [6.45, 7) is 1.52. The van der Waals surface area contributed by atoms with Gasteiger partial charge in [-0.05, 0) is 6.92 Å². The lowest BCUT2D eigenvalue weighted by Crippen LogP contribution is -2.14. The summed E-state index contributed by atoms with van der Waals surface area (Å²) in [6, 6.07) is 0.507. The monoisotopic (exact) mass is 427 g/mol. The molecule has 0 atom stereocenters. The molecule has 2 rings (SSSR count). The van der Waals surface area contributed by atoms with Crippen molar-refractivity contribution in [1.82, 2.24) is 15.0 Å². The molecule has 0 unspecified atom stereocenters. The third-order valence-electron chi connectivity index (χ3n) is 2.72. The first-order valence-corrected chi connectivity index (χ1v) is 8.66. The van der Waals surface area contributed by atoms with Crippen LogP contribution < -0.4 is 4.74 Å². The van der Waals surface area contributed by atoms with E-state index >= 15 is 0 Å². The predicted octanol–water partition coefficient (Wildman–Crippen LogP) is 5.02. The predicted molar refractivity (Wildman–Crippen MR) is 88.5 cm³/mol. The van der Waals surface area contributed by atoms with Crippen LogP contribution in [0.15, 0.2) is 23.6 Å². The van der Waals surface area contributed by atoms with Gasteiger partial charge < -0.3 is 9.47 Å². The molecule has 140 valence electrons. The van der Waals surface area contributed by atoms with Crippen molar-refractivity contribution in [2.24, 2.45) is 0 Å². The van der Waals surface area contributed by atoms with Gasteiger partial charge in [-0.1, -0.05) is 35.0 Å². The van der Waals surface area contributed by atoms with Crippen molar-refractivity contribution in [3.05, 3.63) is 39.8 Å². The summed E-state index contributed by atoms with van der Waals surface area (Å²) in [7, 11) is 0. The SMILES string of the molecule is CCOC(=O)Oc1cc(C(F)(F)F)nc(SCc2c(Cl)cncc2Cl)n1. The van der Waals surface area contributed by atoms with E-state index in [0.717, 1.165) is 11.8 Å². The zero-order valence-corrected chi connectivity index (χ0v) is 15.3. The highest BCUT2D eigenvalue weighted by Crippen LogP contribution is 2.33. The zero-order chi connectivity index (χ0) is 19.3. The molecule has 6 nitrogen and oxygen atoms in total. The van der Waals surface area contributed by atoms with Crippen molar-refractivity contribution in [2.45, 2.75) is 24.0 Å². The van der Waals surface area contributed by atoms with Gasteiger partial charge in [0.2, 0.25) is 5.88 Å². The Labute approximate surface area is 160 Å². The molecule has 0 radical (unpaired) electrons. The molecule has 2 heterocycles. The Hall–Kier alpha value is -1.78. The van der Waals surface area contributed by atoms with Gasteiger partial charge >= 0.3 is 12.3 Å². The van der Waals surface area contributed by atoms with Crippen LogP contribution >= 0.6 is 35.0 Å². The van der Waals surface area contributed by atoms with Crippen LogP contribution in [0.1, 0.15) is 18.2 Å². The Morgan fingerprint density at radius 2 is 1.88 bits per heavy atom. The smallest absolute Gasteiger partial charge is 0.434 e. The van der Waals surface area contributed by atoms with Crippen molar-refractivity contribution < 1.29 is 27.4 Å². The molecule has 0 aromatic carbocycles. The van der Waals surface area contributed by atoms with Crippen LogP contribution in [0.3, 0.4) is 0 Å². The highest BCUT2D eigenvalue weighted by Gasteiger charge is 2.34. The molecule has 26 heavy (non-hydrogen) atoms. The van der Waals surface area contributed by atoms with E-state index in [4.69, 9.17) is 23.2 Å². The summed E-state index contributed by atoms with van der Waals surface area (Å²) in [6.07, 6.45) is -3.22. The number of aromatic nitrogens is 3. The minimum Gasteiger partial charge on any atom is -0.434 e. The van der Waals surface area contributed by atoms with E-state index in [1.807, 2.05) is 0 Å². The second-order valence-electron chi connectivity index (χ2n) is 4.53. The van der Waals surface area contributed by atoms with Gasteiger partial charge in [-0.15, -0.1) is 0 Å². The van der Waals surface area contributed by atoms with Crippen LogP contribution in [-0.2, 0) is 16.7 Å². The van der Waals surface area contributed by atoms with Gasteiger partial charge in [-0.25, -0.2) is 9.78 Å². The molecule has 2 aromatic heterocycles. The largest absolute Gasteiger partial charge is 0.515 e. The van der Waals surface area contributed by atoms with Crippen LogP contribution in [0.4, 0.5) is 18.0 Å². The molecule has 0 aliphatic rings. The van der Waals surface area contributed by atoms with E-state index in [9.17, 15) is 18.0 Å². The van der Waals surface area contributed by atoms with Crippen molar-refractivity contribution in [3.63, 3.8) is 0 Å². The number of carbonyl (C=O) groups is 1. The summed E-state index contributed by atoms with van der Waals surface area (Å²) < 4.78 is 48.2. The van der Waals surface area contributed by atoms with Gasteiger partial charge in [0.15, 0.2) is 10.9 Å². The number of hydrogen-bond donors (Lipinski definition) is 0. The van der Waals surface area contributed by atoms with Crippen molar-refractivity contribution in [3.8, 4) is 5.88 Å². The van der Waals surface area contributed by atoms with E-state index in [1.165, 1.54) is 19.3 Å². The lowest BCUT2D eigenvalue weighted by Gasteiger charge is -2.11. The fourth-order valence-electron chi connectivity index (χ4n) is 1.61. The van der Waals surface area contributed by atoms with Gasteiger partial charge in [0.05, 0.1) is 16.7 Å². The van der Waals surface area contributed by atoms with Gasteiger partial charge in [0.1, 0.15) is 0 Å². The number of hydrogen-bond acceptors (Lipinski definition) is 7. The highest BCUT2D eigenvalue weighted by molar-refractivity contribution is 7.98. The summed E-state index contributed by atoms with van der Waals surface area (Å²) in [4.78, 5) is 22.3. The number of rotatable bonds is 5. The van der Waals surface area contributed by atoms with Crippen LogP contribution in [0.2, 0.25) is 10.0 Å². The normalized spacial score (nSPS) is 11.3. The molecular formula is C14H10Cl2F3N3O3S. The molecule has 0 saturated carbocycles. The Morgan fingerprint density at radius 3 is 2.46 bits per heavy atom. The maximum atomic E-state index is 13.0. The number of pyridine rings is 1. The van der Waals surface area contributed by atoms with E-state index in [2.05, 4.69) is 24.4 Å². The summed E-state index contributed by atoms with van der Waals surface area (Å²) in [5, 5.41) is 0.225. The maximum Gasteiger partial charge on any atom is 0.515 e. The van der Waals surface area contributed by atoms with E-state index in [0.29, 0.717) is 11.6 Å². The summed E-state index contributed by atoms with van der Waals surface area (Å²) in [5.74, 6) is -0.499. The quantitative estimate of drug-likeness (QED) is 0.376. The molecule has 12 heteroatoms. The molecule has 0 N–H and O–H groups in total. The second kappa shape index (κ2) is 8.74. The maximum absolute atomic E-state index is 13.0. The van der Waals surface area contributed by atoms with Gasteiger partial charge in [0.25, 0.3) is 0 Å². The molecule has 0 spiro atoms. The third-order valence-corrected chi connectivity index (χ3v) is 4.25. The standard InChI is InChI=1S/C14H10Cl2F3N3O3S/c1-2-24-13(23)25-11-3-10(14(17,18)19)21-12(22-11)26-6-7-8(15)4-20-5-9(7)16/h3-5H,2,6H2,1H3. The summed E-state index contributed by atoms with van der Waals surface area (Å²) in [5.41, 5.74) is -0.802. The van der Waals surface area contributed by atoms with Gasteiger partial charge in [-0.2, -0.15) is 18.2 Å². The number of alkyl halides is 3. The lowest BCUT2D eigenvalue weighted by molar-refractivity contribution is -0.141.